The van der Waals surface area contributed by atoms with Crippen molar-refractivity contribution in [2.75, 3.05) is 55.4 Å². The summed E-state index contributed by atoms with van der Waals surface area (Å²) in [6.07, 6.45) is 1.69. The molecule has 150 valence electrons. The number of piperazine rings is 1. The van der Waals surface area contributed by atoms with Gasteiger partial charge in [0.15, 0.2) is 5.82 Å². The van der Waals surface area contributed by atoms with E-state index in [9.17, 15) is 13.6 Å². The first kappa shape index (κ1) is 19.6. The minimum absolute atomic E-state index is 0.00281. The quantitative estimate of drug-likeness (QED) is 0.843. The van der Waals surface area contributed by atoms with Gasteiger partial charge in [-0.05, 0) is 12.1 Å². The smallest absolute Gasteiger partial charge is 0.387 e. The second-order valence-corrected chi connectivity index (χ2v) is 6.48. The van der Waals surface area contributed by atoms with Crippen LogP contribution in [-0.4, -0.2) is 68.0 Å². The highest BCUT2D eigenvalue weighted by Crippen LogP contribution is 2.21. The predicted molar refractivity (Wildman–Crippen MR) is 102 cm³/mol. The fourth-order valence-corrected chi connectivity index (χ4v) is 2.84. The average Bonchev–Trinajstić information content (AvgIpc) is 2.68. The number of hydrogen-bond donors (Lipinski definition) is 1. The van der Waals surface area contributed by atoms with Crippen LogP contribution in [0.3, 0.4) is 0 Å². The van der Waals surface area contributed by atoms with E-state index in [1.165, 1.54) is 12.1 Å². The Morgan fingerprint density at radius 2 is 1.96 bits per heavy atom. The minimum Gasteiger partial charge on any atom is -0.435 e. The zero-order valence-electron chi connectivity index (χ0n) is 15.7. The number of halogens is 2. The van der Waals surface area contributed by atoms with Gasteiger partial charge in [-0.2, -0.15) is 13.9 Å². The molecule has 1 aliphatic rings. The van der Waals surface area contributed by atoms with Gasteiger partial charge in [0, 0.05) is 58.1 Å². The lowest BCUT2D eigenvalue weighted by atomic mass is 10.3. The number of rotatable bonds is 5. The van der Waals surface area contributed by atoms with Crippen LogP contribution in [0.25, 0.3) is 0 Å². The number of alkyl halides is 2. The Morgan fingerprint density at radius 3 is 2.64 bits per heavy atom. The molecule has 10 heteroatoms. The van der Waals surface area contributed by atoms with Gasteiger partial charge in [0.1, 0.15) is 5.75 Å². The maximum absolute atomic E-state index is 12.5. The zero-order chi connectivity index (χ0) is 20.1. The first-order chi connectivity index (χ1) is 13.4. The van der Waals surface area contributed by atoms with Crippen LogP contribution in [0.5, 0.6) is 5.75 Å². The van der Waals surface area contributed by atoms with Crippen LogP contribution in [0.4, 0.5) is 30.8 Å². The maximum atomic E-state index is 12.5. The third-order valence-corrected chi connectivity index (χ3v) is 4.34. The summed E-state index contributed by atoms with van der Waals surface area (Å²) in [5.74, 6) is 0.764. The summed E-state index contributed by atoms with van der Waals surface area (Å²) < 4.78 is 29.0. The molecular formula is C18H22F2N6O2. The lowest BCUT2D eigenvalue weighted by Crippen LogP contribution is -2.50. The molecule has 0 saturated carbocycles. The molecule has 28 heavy (non-hydrogen) atoms. The van der Waals surface area contributed by atoms with Gasteiger partial charge in [-0.15, -0.1) is 5.10 Å². The molecule has 0 radical (unpaired) electrons. The van der Waals surface area contributed by atoms with Crippen molar-refractivity contribution in [1.82, 2.24) is 15.1 Å². The molecule has 0 atom stereocenters. The summed E-state index contributed by atoms with van der Waals surface area (Å²) in [6.45, 7) is -0.658. The second kappa shape index (κ2) is 8.68. The maximum Gasteiger partial charge on any atom is 0.387 e. The van der Waals surface area contributed by atoms with Crippen molar-refractivity contribution in [1.29, 1.82) is 0 Å². The molecule has 1 N–H and O–H groups in total. The SMILES string of the molecule is CN(C)c1cnnc(N2CCN(C(=O)Nc3cccc(OC(F)F)c3)CC2)c1. The summed E-state index contributed by atoms with van der Waals surface area (Å²) >= 11 is 0. The van der Waals surface area contributed by atoms with E-state index in [-0.39, 0.29) is 11.8 Å². The Bertz CT molecular complexity index is 812. The van der Waals surface area contributed by atoms with E-state index in [0.29, 0.717) is 31.9 Å². The second-order valence-electron chi connectivity index (χ2n) is 6.48. The molecule has 1 aromatic carbocycles. The molecular weight excluding hydrogens is 370 g/mol. The summed E-state index contributed by atoms with van der Waals surface area (Å²) in [5.41, 5.74) is 1.35. The van der Waals surface area contributed by atoms with Crippen molar-refractivity contribution in [2.24, 2.45) is 0 Å². The zero-order valence-corrected chi connectivity index (χ0v) is 15.7. The third kappa shape index (κ3) is 4.96. The number of ether oxygens (including phenoxy) is 1. The standard InChI is InChI=1S/C18H22F2N6O2/c1-24(2)14-11-16(23-21-12-14)25-6-8-26(9-7-25)18(27)22-13-4-3-5-15(10-13)28-17(19)20/h3-5,10-12,17H,6-9H2,1-2H3,(H,22,27). The number of carbonyl (C=O) groups excluding carboxylic acids is 1. The van der Waals surface area contributed by atoms with Crippen LogP contribution in [0, 0.1) is 0 Å². The van der Waals surface area contributed by atoms with Crippen LogP contribution in [0.15, 0.2) is 36.5 Å². The van der Waals surface area contributed by atoms with Gasteiger partial charge in [-0.1, -0.05) is 6.07 Å². The number of carbonyl (C=O) groups is 1. The molecule has 1 fully saturated rings. The number of benzene rings is 1. The molecule has 1 aliphatic heterocycles. The fraction of sp³-hybridized carbons (Fsp3) is 0.389. The summed E-state index contributed by atoms with van der Waals surface area (Å²) in [5, 5.41) is 10.9. The van der Waals surface area contributed by atoms with Crippen molar-refractivity contribution in [3.05, 3.63) is 36.5 Å². The normalized spacial score (nSPS) is 14.2. The highest BCUT2D eigenvalue weighted by atomic mass is 19.3. The molecule has 0 spiro atoms. The first-order valence-electron chi connectivity index (χ1n) is 8.78. The van der Waals surface area contributed by atoms with Crippen LogP contribution >= 0.6 is 0 Å². The highest BCUT2D eigenvalue weighted by Gasteiger charge is 2.22. The Kier molecular flexibility index (Phi) is 6.07. The largest absolute Gasteiger partial charge is 0.435 e. The number of nitrogens with one attached hydrogen (secondary N) is 1. The van der Waals surface area contributed by atoms with E-state index in [4.69, 9.17) is 0 Å². The van der Waals surface area contributed by atoms with E-state index in [0.717, 1.165) is 11.5 Å². The molecule has 1 aromatic heterocycles. The number of urea groups is 1. The van der Waals surface area contributed by atoms with E-state index >= 15 is 0 Å². The molecule has 3 rings (SSSR count). The topological polar surface area (TPSA) is 73.8 Å². The van der Waals surface area contributed by atoms with Gasteiger partial charge >= 0.3 is 12.6 Å². The Labute approximate surface area is 161 Å². The van der Waals surface area contributed by atoms with Gasteiger partial charge in [0.25, 0.3) is 0 Å². The Morgan fingerprint density at radius 1 is 1.21 bits per heavy atom. The molecule has 0 aliphatic carbocycles. The molecule has 1 saturated heterocycles. The molecule has 2 amide bonds. The summed E-state index contributed by atoms with van der Waals surface area (Å²) in [4.78, 5) is 18.1. The average molecular weight is 392 g/mol. The van der Waals surface area contributed by atoms with Crippen molar-refractivity contribution >= 4 is 23.2 Å². The van der Waals surface area contributed by atoms with Crippen LogP contribution in [-0.2, 0) is 0 Å². The van der Waals surface area contributed by atoms with Gasteiger partial charge in [-0.25, -0.2) is 4.79 Å². The third-order valence-electron chi connectivity index (χ3n) is 4.34. The summed E-state index contributed by atoms with van der Waals surface area (Å²) in [7, 11) is 3.87. The summed E-state index contributed by atoms with van der Waals surface area (Å²) in [6, 6.07) is 7.60. The van der Waals surface area contributed by atoms with E-state index in [1.807, 2.05) is 25.1 Å². The van der Waals surface area contributed by atoms with Crippen LogP contribution in [0.2, 0.25) is 0 Å². The number of anilines is 3. The van der Waals surface area contributed by atoms with Crippen molar-refractivity contribution in [3.63, 3.8) is 0 Å². The molecule has 8 nitrogen and oxygen atoms in total. The number of amides is 2. The van der Waals surface area contributed by atoms with Crippen molar-refractivity contribution < 1.29 is 18.3 Å². The van der Waals surface area contributed by atoms with Gasteiger partial charge in [-0.3, -0.25) is 0 Å². The monoisotopic (exact) mass is 392 g/mol. The molecule has 2 aromatic rings. The fourth-order valence-electron chi connectivity index (χ4n) is 2.84. The number of aromatic nitrogens is 2. The van der Waals surface area contributed by atoms with Gasteiger partial charge in [0.05, 0.1) is 11.9 Å². The number of hydrogen-bond acceptors (Lipinski definition) is 6. The van der Waals surface area contributed by atoms with Crippen molar-refractivity contribution in [2.45, 2.75) is 6.61 Å². The van der Waals surface area contributed by atoms with Crippen LogP contribution in [0.1, 0.15) is 0 Å². The Balaban J connectivity index is 1.56. The number of nitrogens with zero attached hydrogens (tertiary/aromatic N) is 5. The Hall–Kier alpha value is -3.17. The molecule has 2 heterocycles. The van der Waals surface area contributed by atoms with Crippen LogP contribution < -0.4 is 19.9 Å². The lowest BCUT2D eigenvalue weighted by molar-refractivity contribution is -0.0497. The van der Waals surface area contributed by atoms with E-state index in [1.54, 1.807) is 23.2 Å². The van der Waals surface area contributed by atoms with E-state index in [2.05, 4.69) is 25.2 Å². The molecule has 0 unspecified atom stereocenters. The lowest BCUT2D eigenvalue weighted by Gasteiger charge is -2.35. The highest BCUT2D eigenvalue weighted by molar-refractivity contribution is 5.89. The predicted octanol–water partition coefficient (Wildman–Crippen LogP) is 2.50. The minimum atomic E-state index is -2.91. The van der Waals surface area contributed by atoms with Gasteiger partial charge in [0.2, 0.25) is 0 Å². The first-order valence-corrected chi connectivity index (χ1v) is 8.78. The molecule has 0 bridgehead atoms. The van der Waals surface area contributed by atoms with Gasteiger partial charge < -0.3 is 24.8 Å². The van der Waals surface area contributed by atoms with E-state index < -0.39 is 6.61 Å². The van der Waals surface area contributed by atoms with Crippen molar-refractivity contribution in [3.8, 4) is 5.75 Å².